The van der Waals surface area contributed by atoms with Crippen molar-refractivity contribution in [2.24, 2.45) is 0 Å². The molecule has 0 bridgehead atoms. The van der Waals surface area contributed by atoms with Gasteiger partial charge in [-0.1, -0.05) is 72.4 Å². The van der Waals surface area contributed by atoms with E-state index in [4.69, 9.17) is 0 Å². The van der Waals surface area contributed by atoms with Crippen LogP contribution in [0.3, 0.4) is 0 Å². The Bertz CT molecular complexity index is 1190. The van der Waals surface area contributed by atoms with E-state index in [1.807, 2.05) is 66.1 Å². The monoisotopic (exact) mass is 432 g/mol. The second-order valence-corrected chi connectivity index (χ2v) is 7.95. The van der Waals surface area contributed by atoms with E-state index in [-0.39, 0.29) is 17.5 Å². The summed E-state index contributed by atoms with van der Waals surface area (Å²) >= 11 is 1.28. The van der Waals surface area contributed by atoms with Gasteiger partial charge in [-0.3, -0.25) is 9.36 Å². The Morgan fingerprint density at radius 1 is 0.968 bits per heavy atom. The zero-order chi connectivity index (χ0) is 21.6. The first-order chi connectivity index (χ1) is 15.1. The maximum Gasteiger partial charge on any atom is 0.234 e. The Morgan fingerprint density at radius 2 is 1.68 bits per heavy atom. The Kier molecular flexibility index (Phi) is 6.43. The van der Waals surface area contributed by atoms with Gasteiger partial charge in [0.05, 0.1) is 17.9 Å². The van der Waals surface area contributed by atoms with Gasteiger partial charge >= 0.3 is 0 Å². The molecule has 0 spiro atoms. The number of carbonyl (C=O) groups is 1. The van der Waals surface area contributed by atoms with Gasteiger partial charge in [0.15, 0.2) is 11.0 Å². The van der Waals surface area contributed by atoms with E-state index < -0.39 is 0 Å². The van der Waals surface area contributed by atoms with Gasteiger partial charge in [-0.2, -0.15) is 0 Å². The molecule has 1 amide bonds. The van der Waals surface area contributed by atoms with Gasteiger partial charge in [-0.15, -0.1) is 10.2 Å². The number of amides is 1. The largest absolute Gasteiger partial charge is 0.325 e. The minimum absolute atomic E-state index is 0.138. The first kappa shape index (κ1) is 20.8. The number of nitrogens with zero attached hydrogens (tertiary/aromatic N) is 3. The van der Waals surface area contributed by atoms with Crippen molar-refractivity contribution in [3.05, 3.63) is 95.8 Å². The third kappa shape index (κ3) is 5.00. The summed E-state index contributed by atoms with van der Waals surface area (Å²) in [4.78, 5) is 12.5. The van der Waals surface area contributed by atoms with E-state index in [0.29, 0.717) is 23.1 Å². The standard InChI is InChI=1S/C24H21FN4OS/c1-17-9-5-8-14-21(17)26-22(30)16-31-24-28-27-23(19-12-6-7-13-20(19)25)29(24)15-18-10-3-2-4-11-18/h2-14H,15-16H2,1H3,(H,26,30). The van der Waals surface area contributed by atoms with Gasteiger partial charge in [0.2, 0.25) is 5.91 Å². The summed E-state index contributed by atoms with van der Waals surface area (Å²) in [5.74, 6) is 0.0984. The topological polar surface area (TPSA) is 59.8 Å². The second kappa shape index (κ2) is 9.57. The average Bonchev–Trinajstić information content (AvgIpc) is 3.17. The molecule has 1 N–H and O–H groups in total. The molecule has 0 unspecified atom stereocenters. The number of halogens is 1. The number of hydrogen-bond acceptors (Lipinski definition) is 4. The number of thioether (sulfide) groups is 1. The summed E-state index contributed by atoms with van der Waals surface area (Å²) in [5.41, 5.74) is 3.19. The highest BCUT2D eigenvalue weighted by atomic mass is 32.2. The molecular weight excluding hydrogens is 411 g/mol. The molecule has 0 fully saturated rings. The molecule has 5 nitrogen and oxygen atoms in total. The minimum Gasteiger partial charge on any atom is -0.325 e. The molecular formula is C24H21FN4OS. The fraction of sp³-hybridized carbons (Fsp3) is 0.125. The van der Waals surface area contributed by atoms with Crippen molar-refractivity contribution in [2.45, 2.75) is 18.6 Å². The molecule has 156 valence electrons. The van der Waals surface area contributed by atoms with Gasteiger partial charge in [0.25, 0.3) is 0 Å². The van der Waals surface area contributed by atoms with E-state index in [1.54, 1.807) is 18.2 Å². The summed E-state index contributed by atoms with van der Waals surface area (Å²) in [6.45, 7) is 2.42. The number of anilines is 1. The predicted molar refractivity (Wildman–Crippen MR) is 121 cm³/mol. The van der Waals surface area contributed by atoms with Crippen molar-refractivity contribution < 1.29 is 9.18 Å². The van der Waals surface area contributed by atoms with Crippen LogP contribution in [0.15, 0.2) is 84.0 Å². The van der Waals surface area contributed by atoms with Crippen LogP contribution < -0.4 is 5.32 Å². The number of aryl methyl sites for hydroxylation is 1. The smallest absolute Gasteiger partial charge is 0.234 e. The van der Waals surface area contributed by atoms with Crippen LogP contribution in [0.5, 0.6) is 0 Å². The third-order valence-electron chi connectivity index (χ3n) is 4.77. The lowest BCUT2D eigenvalue weighted by molar-refractivity contribution is -0.113. The van der Waals surface area contributed by atoms with E-state index >= 15 is 0 Å². The fourth-order valence-corrected chi connectivity index (χ4v) is 3.91. The molecule has 1 aromatic heterocycles. The SMILES string of the molecule is Cc1ccccc1NC(=O)CSc1nnc(-c2ccccc2F)n1Cc1ccccc1. The molecule has 0 aliphatic carbocycles. The molecule has 4 aromatic rings. The van der Waals surface area contributed by atoms with Gasteiger partial charge in [0.1, 0.15) is 5.82 Å². The van der Waals surface area contributed by atoms with Crippen LogP contribution in [-0.2, 0) is 11.3 Å². The van der Waals surface area contributed by atoms with Crippen molar-refractivity contribution in [2.75, 3.05) is 11.1 Å². The van der Waals surface area contributed by atoms with Crippen LogP contribution in [0.1, 0.15) is 11.1 Å². The number of rotatable bonds is 7. The lowest BCUT2D eigenvalue weighted by Crippen LogP contribution is -2.15. The van der Waals surface area contributed by atoms with E-state index in [0.717, 1.165) is 16.8 Å². The van der Waals surface area contributed by atoms with Crippen molar-refractivity contribution >= 4 is 23.4 Å². The molecule has 0 aliphatic heterocycles. The van der Waals surface area contributed by atoms with Crippen LogP contribution in [0.25, 0.3) is 11.4 Å². The summed E-state index contributed by atoms with van der Waals surface area (Å²) in [6.07, 6.45) is 0. The number of benzene rings is 3. The predicted octanol–water partition coefficient (Wildman–Crippen LogP) is 5.17. The summed E-state index contributed by atoms with van der Waals surface area (Å²) < 4.78 is 16.3. The highest BCUT2D eigenvalue weighted by Gasteiger charge is 2.18. The Morgan fingerprint density at radius 3 is 2.45 bits per heavy atom. The summed E-state index contributed by atoms with van der Waals surface area (Å²) in [7, 11) is 0. The van der Waals surface area contributed by atoms with Gasteiger partial charge in [0, 0.05) is 5.69 Å². The molecule has 0 atom stereocenters. The first-order valence-corrected chi connectivity index (χ1v) is 10.8. The quantitative estimate of drug-likeness (QED) is 0.409. The van der Waals surface area contributed by atoms with Crippen LogP contribution >= 0.6 is 11.8 Å². The molecule has 1 heterocycles. The Hall–Kier alpha value is -3.45. The molecule has 7 heteroatoms. The van der Waals surface area contributed by atoms with Crippen molar-refractivity contribution in [3.63, 3.8) is 0 Å². The van der Waals surface area contributed by atoms with Gasteiger partial charge in [-0.05, 0) is 36.2 Å². The Balaban J connectivity index is 1.57. The molecule has 0 saturated carbocycles. The van der Waals surface area contributed by atoms with Crippen molar-refractivity contribution in [1.29, 1.82) is 0 Å². The highest BCUT2D eigenvalue weighted by molar-refractivity contribution is 7.99. The third-order valence-corrected chi connectivity index (χ3v) is 5.73. The zero-order valence-corrected chi connectivity index (χ0v) is 17.8. The number of carbonyl (C=O) groups excluding carboxylic acids is 1. The number of nitrogens with one attached hydrogen (secondary N) is 1. The molecule has 0 saturated heterocycles. The zero-order valence-electron chi connectivity index (χ0n) is 17.0. The van der Waals surface area contributed by atoms with Crippen LogP contribution in [0.4, 0.5) is 10.1 Å². The lowest BCUT2D eigenvalue weighted by Gasteiger charge is -2.11. The minimum atomic E-state index is -0.363. The maximum atomic E-state index is 14.4. The van der Waals surface area contributed by atoms with Gasteiger partial charge < -0.3 is 5.32 Å². The molecule has 3 aromatic carbocycles. The van der Waals surface area contributed by atoms with Crippen molar-refractivity contribution in [3.8, 4) is 11.4 Å². The summed E-state index contributed by atoms with van der Waals surface area (Å²) in [5, 5.41) is 12.0. The number of aromatic nitrogens is 3. The Labute approximate surface area is 184 Å². The average molecular weight is 433 g/mol. The summed E-state index contributed by atoms with van der Waals surface area (Å²) in [6, 6.07) is 23.9. The van der Waals surface area contributed by atoms with Gasteiger partial charge in [-0.25, -0.2) is 4.39 Å². The van der Waals surface area contributed by atoms with Crippen molar-refractivity contribution in [1.82, 2.24) is 14.8 Å². The highest BCUT2D eigenvalue weighted by Crippen LogP contribution is 2.27. The normalized spacial score (nSPS) is 10.8. The van der Waals surface area contributed by atoms with Crippen LogP contribution in [-0.4, -0.2) is 26.4 Å². The van der Waals surface area contributed by atoms with E-state index in [9.17, 15) is 9.18 Å². The van der Waals surface area contributed by atoms with E-state index in [2.05, 4.69) is 15.5 Å². The van der Waals surface area contributed by atoms with E-state index in [1.165, 1.54) is 17.8 Å². The van der Waals surface area contributed by atoms with Crippen LogP contribution in [0, 0.1) is 12.7 Å². The molecule has 0 aliphatic rings. The maximum absolute atomic E-state index is 14.4. The lowest BCUT2D eigenvalue weighted by atomic mass is 10.2. The van der Waals surface area contributed by atoms with Crippen LogP contribution in [0.2, 0.25) is 0 Å². The number of hydrogen-bond donors (Lipinski definition) is 1. The second-order valence-electron chi connectivity index (χ2n) is 7.01. The number of para-hydroxylation sites is 1. The molecule has 0 radical (unpaired) electrons. The first-order valence-electron chi connectivity index (χ1n) is 9.82. The molecule has 31 heavy (non-hydrogen) atoms. The molecule has 4 rings (SSSR count). The fourth-order valence-electron chi connectivity index (χ4n) is 3.18.